The Hall–Kier alpha value is -2.36. The van der Waals surface area contributed by atoms with Gasteiger partial charge in [-0.15, -0.1) is 0 Å². The van der Waals surface area contributed by atoms with Crippen LogP contribution in [-0.2, 0) is 6.42 Å². The van der Waals surface area contributed by atoms with E-state index in [1.54, 1.807) is 0 Å². The number of nitrogen functional groups attached to an aromatic ring is 1. The summed E-state index contributed by atoms with van der Waals surface area (Å²) in [7, 11) is 0. The fraction of sp³-hybridized carbons (Fsp3) is 0.250. The summed E-state index contributed by atoms with van der Waals surface area (Å²) in [6.07, 6.45) is 2.16. The number of ether oxygens (including phenoxy) is 2. The highest BCUT2D eigenvalue weighted by atomic mass is 16.7. The molecule has 0 radical (unpaired) electrons. The Labute approximate surface area is 117 Å². The molecule has 2 aromatic carbocycles. The van der Waals surface area contributed by atoms with Crippen LogP contribution in [0.5, 0.6) is 11.5 Å². The van der Waals surface area contributed by atoms with E-state index in [0.29, 0.717) is 12.8 Å². The van der Waals surface area contributed by atoms with Crippen molar-refractivity contribution in [3.8, 4) is 11.5 Å². The summed E-state index contributed by atoms with van der Waals surface area (Å²) < 4.78 is 10.7. The van der Waals surface area contributed by atoms with Gasteiger partial charge in [0, 0.05) is 17.4 Å². The molecule has 4 nitrogen and oxygen atoms in total. The highest BCUT2D eigenvalue weighted by Crippen LogP contribution is 2.38. The number of aryl methyl sites for hydroxylation is 1. The molecule has 0 aromatic heterocycles. The van der Waals surface area contributed by atoms with Gasteiger partial charge in [0.05, 0.1) is 6.04 Å². The smallest absolute Gasteiger partial charge is 0.231 e. The molecule has 4 rings (SSSR count). The molecule has 1 heterocycles. The minimum Gasteiger partial charge on any atom is -0.454 e. The minimum absolute atomic E-state index is 0.310. The second-order valence-electron chi connectivity index (χ2n) is 5.26. The number of nitrogens with one attached hydrogen (secondary N) is 1. The van der Waals surface area contributed by atoms with Crippen molar-refractivity contribution in [2.24, 2.45) is 0 Å². The molecule has 1 atom stereocenters. The summed E-state index contributed by atoms with van der Waals surface area (Å²) in [5, 5.41) is 3.57. The molecule has 0 saturated carbocycles. The van der Waals surface area contributed by atoms with E-state index in [-0.39, 0.29) is 0 Å². The number of anilines is 2. The molecule has 0 spiro atoms. The largest absolute Gasteiger partial charge is 0.454 e. The van der Waals surface area contributed by atoms with Crippen molar-refractivity contribution >= 4 is 11.4 Å². The van der Waals surface area contributed by atoms with Crippen molar-refractivity contribution in [3.63, 3.8) is 0 Å². The first-order chi connectivity index (χ1) is 9.79. The first kappa shape index (κ1) is 11.5. The van der Waals surface area contributed by atoms with Crippen molar-refractivity contribution in [1.29, 1.82) is 0 Å². The molecule has 0 amide bonds. The van der Waals surface area contributed by atoms with Crippen LogP contribution in [0, 0.1) is 0 Å². The molecular formula is C16H16N2O2. The molecule has 0 saturated heterocycles. The Morgan fingerprint density at radius 3 is 2.90 bits per heavy atom. The summed E-state index contributed by atoms with van der Waals surface area (Å²) in [5.74, 6) is 1.63. The lowest BCUT2D eigenvalue weighted by atomic mass is 10.1. The predicted octanol–water partition coefficient (Wildman–Crippen LogP) is 3.10. The molecule has 1 aliphatic carbocycles. The van der Waals surface area contributed by atoms with E-state index < -0.39 is 0 Å². The van der Waals surface area contributed by atoms with Gasteiger partial charge in [-0.05, 0) is 48.2 Å². The van der Waals surface area contributed by atoms with Gasteiger partial charge in [-0.2, -0.15) is 0 Å². The third kappa shape index (κ3) is 1.84. The number of nitrogens with two attached hydrogens (primary N) is 1. The van der Waals surface area contributed by atoms with Crippen molar-refractivity contribution in [2.75, 3.05) is 17.8 Å². The van der Waals surface area contributed by atoms with E-state index in [1.807, 2.05) is 24.3 Å². The standard InChI is InChI=1S/C16H16N2O2/c17-11-2-4-13-10(7-11)1-5-14(13)18-12-3-6-15-16(8-12)20-9-19-15/h2-4,6-8,14,18H,1,5,9,17H2. The number of hydrogen-bond acceptors (Lipinski definition) is 4. The van der Waals surface area contributed by atoms with Crippen LogP contribution in [0.3, 0.4) is 0 Å². The van der Waals surface area contributed by atoms with Gasteiger partial charge in [0.15, 0.2) is 11.5 Å². The van der Waals surface area contributed by atoms with Crippen LogP contribution in [0.1, 0.15) is 23.6 Å². The molecule has 3 N–H and O–H groups in total. The van der Waals surface area contributed by atoms with E-state index in [9.17, 15) is 0 Å². The summed E-state index contributed by atoms with van der Waals surface area (Å²) in [6, 6.07) is 12.5. The van der Waals surface area contributed by atoms with Gasteiger partial charge in [0.2, 0.25) is 6.79 Å². The van der Waals surface area contributed by atoms with Crippen LogP contribution < -0.4 is 20.5 Å². The van der Waals surface area contributed by atoms with Crippen LogP contribution >= 0.6 is 0 Å². The average Bonchev–Trinajstić information content (AvgIpc) is 3.05. The maximum atomic E-state index is 5.84. The summed E-state index contributed by atoms with van der Waals surface area (Å²) in [6.45, 7) is 0.310. The SMILES string of the molecule is Nc1ccc2c(c1)CCC2Nc1ccc2c(c1)OCO2. The molecule has 1 aliphatic heterocycles. The fourth-order valence-corrected chi connectivity index (χ4v) is 2.97. The van der Waals surface area contributed by atoms with E-state index in [0.717, 1.165) is 35.7 Å². The van der Waals surface area contributed by atoms with Crippen LogP contribution in [0.25, 0.3) is 0 Å². The van der Waals surface area contributed by atoms with Gasteiger partial charge < -0.3 is 20.5 Å². The Morgan fingerprint density at radius 2 is 1.95 bits per heavy atom. The van der Waals surface area contributed by atoms with E-state index in [1.165, 1.54) is 11.1 Å². The van der Waals surface area contributed by atoms with Crippen molar-refractivity contribution < 1.29 is 9.47 Å². The first-order valence-electron chi connectivity index (χ1n) is 6.84. The van der Waals surface area contributed by atoms with Gasteiger partial charge in [-0.25, -0.2) is 0 Å². The van der Waals surface area contributed by atoms with Crippen molar-refractivity contribution in [1.82, 2.24) is 0 Å². The molecule has 4 heteroatoms. The lowest BCUT2D eigenvalue weighted by Crippen LogP contribution is -2.07. The third-order valence-electron chi connectivity index (χ3n) is 3.96. The Morgan fingerprint density at radius 1 is 1.05 bits per heavy atom. The predicted molar refractivity (Wildman–Crippen MR) is 78.1 cm³/mol. The Kier molecular flexibility index (Phi) is 2.49. The monoisotopic (exact) mass is 268 g/mol. The minimum atomic E-state index is 0.310. The average molecular weight is 268 g/mol. The zero-order valence-corrected chi connectivity index (χ0v) is 11.1. The van der Waals surface area contributed by atoms with E-state index >= 15 is 0 Å². The zero-order valence-electron chi connectivity index (χ0n) is 11.1. The normalized spacial score (nSPS) is 18.9. The zero-order chi connectivity index (χ0) is 13.5. The van der Waals surface area contributed by atoms with E-state index in [2.05, 4.69) is 17.4 Å². The summed E-state index contributed by atoms with van der Waals surface area (Å²) in [5.41, 5.74) is 10.4. The van der Waals surface area contributed by atoms with Crippen molar-refractivity contribution in [2.45, 2.75) is 18.9 Å². The quantitative estimate of drug-likeness (QED) is 0.822. The molecule has 1 unspecified atom stereocenters. The highest BCUT2D eigenvalue weighted by molar-refractivity contribution is 5.58. The van der Waals surface area contributed by atoms with E-state index in [4.69, 9.17) is 15.2 Å². The molecule has 20 heavy (non-hydrogen) atoms. The maximum Gasteiger partial charge on any atom is 0.231 e. The number of hydrogen-bond donors (Lipinski definition) is 2. The fourth-order valence-electron chi connectivity index (χ4n) is 2.97. The number of benzene rings is 2. The molecule has 2 aromatic rings. The van der Waals surface area contributed by atoms with Gasteiger partial charge in [0.25, 0.3) is 0 Å². The number of fused-ring (bicyclic) bond motifs is 2. The molecular weight excluding hydrogens is 252 g/mol. The maximum absolute atomic E-state index is 5.84. The molecule has 2 aliphatic rings. The lowest BCUT2D eigenvalue weighted by Gasteiger charge is -2.16. The topological polar surface area (TPSA) is 56.5 Å². The molecule has 102 valence electrons. The summed E-state index contributed by atoms with van der Waals surface area (Å²) in [4.78, 5) is 0. The van der Waals surface area contributed by atoms with Gasteiger partial charge in [-0.3, -0.25) is 0 Å². The molecule has 0 fully saturated rings. The third-order valence-corrected chi connectivity index (χ3v) is 3.96. The number of rotatable bonds is 2. The second-order valence-corrected chi connectivity index (χ2v) is 5.26. The van der Waals surface area contributed by atoms with Crippen LogP contribution in [0.15, 0.2) is 36.4 Å². The van der Waals surface area contributed by atoms with Gasteiger partial charge >= 0.3 is 0 Å². The lowest BCUT2D eigenvalue weighted by molar-refractivity contribution is 0.174. The Bertz CT molecular complexity index is 670. The highest BCUT2D eigenvalue weighted by Gasteiger charge is 2.23. The second kappa shape index (κ2) is 4.34. The van der Waals surface area contributed by atoms with Gasteiger partial charge in [-0.1, -0.05) is 6.07 Å². The van der Waals surface area contributed by atoms with Gasteiger partial charge in [0.1, 0.15) is 0 Å². The summed E-state index contributed by atoms with van der Waals surface area (Å²) >= 11 is 0. The van der Waals surface area contributed by atoms with Crippen molar-refractivity contribution in [3.05, 3.63) is 47.5 Å². The van der Waals surface area contributed by atoms with Crippen LogP contribution in [0.4, 0.5) is 11.4 Å². The first-order valence-corrected chi connectivity index (χ1v) is 6.84. The Balaban J connectivity index is 1.59. The molecule has 0 bridgehead atoms. The van der Waals surface area contributed by atoms with Crippen LogP contribution in [0.2, 0.25) is 0 Å². The van der Waals surface area contributed by atoms with Crippen LogP contribution in [-0.4, -0.2) is 6.79 Å².